The van der Waals surface area contributed by atoms with Crippen molar-refractivity contribution in [1.82, 2.24) is 0 Å². The summed E-state index contributed by atoms with van der Waals surface area (Å²) in [6, 6.07) is 0. The molecule has 0 aromatic carbocycles. The normalized spacial score (nSPS) is 19.1. The van der Waals surface area contributed by atoms with Crippen molar-refractivity contribution in [3.63, 3.8) is 0 Å². The zero-order valence-corrected chi connectivity index (χ0v) is 5.39. The molecule has 0 saturated heterocycles. The lowest BCUT2D eigenvalue weighted by Gasteiger charge is -2.06. The molecule has 0 aromatic rings. The number of hydrogen-bond acceptors (Lipinski definition) is 1. The van der Waals surface area contributed by atoms with Crippen molar-refractivity contribution in [2.24, 2.45) is 0 Å². The third-order valence-electron chi connectivity index (χ3n) is 1.49. The van der Waals surface area contributed by atoms with E-state index in [1.54, 1.807) is 6.08 Å². The second-order valence-corrected chi connectivity index (χ2v) is 2.24. The van der Waals surface area contributed by atoms with E-state index in [4.69, 9.17) is 0 Å². The van der Waals surface area contributed by atoms with Crippen molar-refractivity contribution in [3.05, 3.63) is 24.3 Å². The Kier molecular flexibility index (Phi) is 1.83. The third-order valence-corrected chi connectivity index (χ3v) is 1.49. The van der Waals surface area contributed by atoms with Gasteiger partial charge in [-0.05, 0) is 12.0 Å². The summed E-state index contributed by atoms with van der Waals surface area (Å²) < 4.78 is 0. The third kappa shape index (κ3) is 1.53. The van der Waals surface area contributed by atoms with Gasteiger partial charge in [-0.1, -0.05) is 18.7 Å². The maximum absolute atomic E-state index is 10.7. The lowest BCUT2D eigenvalue weighted by atomic mass is 9.99. The highest BCUT2D eigenvalue weighted by molar-refractivity contribution is 5.82. The van der Waals surface area contributed by atoms with E-state index in [-0.39, 0.29) is 0 Å². The number of ketones is 1. The van der Waals surface area contributed by atoms with E-state index < -0.39 is 0 Å². The molecule has 0 bridgehead atoms. The zero-order valence-electron chi connectivity index (χ0n) is 5.39. The van der Waals surface area contributed by atoms with Crippen LogP contribution in [0.5, 0.6) is 0 Å². The highest BCUT2D eigenvalue weighted by Crippen LogP contribution is 2.14. The van der Waals surface area contributed by atoms with Gasteiger partial charge in [0.15, 0.2) is 0 Å². The van der Waals surface area contributed by atoms with Crippen LogP contribution in [0, 0.1) is 0 Å². The predicted molar refractivity (Wildman–Crippen MR) is 37.1 cm³/mol. The monoisotopic (exact) mass is 122 g/mol. The Morgan fingerprint density at radius 2 is 2.44 bits per heavy atom. The number of hydrogen-bond donors (Lipinski definition) is 0. The second kappa shape index (κ2) is 2.62. The smallest absolute Gasteiger partial charge is 0.137 e. The molecule has 1 heteroatoms. The molecule has 0 aliphatic heterocycles. The van der Waals surface area contributed by atoms with Crippen molar-refractivity contribution in [3.8, 4) is 0 Å². The molecule has 1 aliphatic rings. The van der Waals surface area contributed by atoms with Gasteiger partial charge in [-0.2, -0.15) is 0 Å². The van der Waals surface area contributed by atoms with Crippen LogP contribution in [-0.4, -0.2) is 5.78 Å². The topological polar surface area (TPSA) is 17.1 Å². The van der Waals surface area contributed by atoms with Gasteiger partial charge in [0.2, 0.25) is 0 Å². The maximum Gasteiger partial charge on any atom is 0.137 e. The Hall–Kier alpha value is -0.850. The number of carbonyl (C=O) groups excluding carboxylic acids is 1. The molecule has 48 valence electrons. The molecule has 0 N–H and O–H groups in total. The first-order chi connectivity index (χ1) is 4.33. The van der Waals surface area contributed by atoms with Gasteiger partial charge >= 0.3 is 0 Å². The lowest BCUT2D eigenvalue weighted by molar-refractivity contribution is -0.118. The van der Waals surface area contributed by atoms with E-state index in [1.165, 1.54) is 0 Å². The highest BCUT2D eigenvalue weighted by atomic mass is 16.1. The molecule has 1 aliphatic carbocycles. The minimum Gasteiger partial charge on any atom is -0.299 e. The van der Waals surface area contributed by atoms with Crippen LogP contribution in [0.15, 0.2) is 24.3 Å². The molecule has 0 spiro atoms. The molecular weight excluding hydrogens is 112 g/mol. The Morgan fingerprint density at radius 3 is 2.89 bits per heavy atom. The van der Waals surface area contributed by atoms with E-state index in [2.05, 4.69) is 12.7 Å². The molecule has 1 nitrogen and oxygen atoms in total. The average molecular weight is 122 g/mol. The van der Waals surface area contributed by atoms with Crippen LogP contribution in [0.2, 0.25) is 0 Å². The molecule has 0 atom stereocenters. The standard InChI is InChI=1S/C8H10O/c1-2-7-4-3-5-8(9)6-7/h2,4H,1,3,5-6H2. The summed E-state index contributed by atoms with van der Waals surface area (Å²) in [5.74, 6) is 0.340. The second-order valence-electron chi connectivity index (χ2n) is 2.24. The summed E-state index contributed by atoms with van der Waals surface area (Å²) in [6.07, 6.45) is 6.06. The molecule has 0 heterocycles. The van der Waals surface area contributed by atoms with E-state index >= 15 is 0 Å². The first kappa shape index (κ1) is 6.27. The van der Waals surface area contributed by atoms with Gasteiger partial charge in [0.25, 0.3) is 0 Å². The minimum atomic E-state index is 0.340. The summed E-state index contributed by atoms with van der Waals surface area (Å²) in [7, 11) is 0. The maximum atomic E-state index is 10.7. The molecule has 0 aromatic heterocycles. The molecule has 0 fully saturated rings. The van der Waals surface area contributed by atoms with Gasteiger partial charge in [-0.25, -0.2) is 0 Å². The van der Waals surface area contributed by atoms with Crippen molar-refractivity contribution in [2.45, 2.75) is 19.3 Å². The van der Waals surface area contributed by atoms with Crippen molar-refractivity contribution < 1.29 is 4.79 Å². The molecule has 0 amide bonds. The van der Waals surface area contributed by atoms with Gasteiger partial charge in [-0.3, -0.25) is 4.79 Å². The molecule has 0 radical (unpaired) electrons. The Labute approximate surface area is 55.1 Å². The summed E-state index contributed by atoms with van der Waals surface area (Å²) in [6.45, 7) is 3.60. The fourth-order valence-corrected chi connectivity index (χ4v) is 0.962. The van der Waals surface area contributed by atoms with E-state index in [1.807, 2.05) is 0 Å². The van der Waals surface area contributed by atoms with Crippen LogP contribution in [0.3, 0.4) is 0 Å². The molecular formula is C8H10O. The first-order valence-electron chi connectivity index (χ1n) is 3.16. The summed E-state index contributed by atoms with van der Waals surface area (Å²) in [4.78, 5) is 10.7. The van der Waals surface area contributed by atoms with E-state index in [0.717, 1.165) is 18.4 Å². The Balaban J connectivity index is 2.63. The Morgan fingerprint density at radius 1 is 1.67 bits per heavy atom. The average Bonchev–Trinajstić information content (AvgIpc) is 1.88. The van der Waals surface area contributed by atoms with Crippen LogP contribution in [0.1, 0.15) is 19.3 Å². The van der Waals surface area contributed by atoms with Crippen molar-refractivity contribution >= 4 is 5.78 Å². The number of Topliss-reactive ketones (excluding diaryl/α,β-unsaturated/α-hetero) is 1. The van der Waals surface area contributed by atoms with Crippen LogP contribution in [-0.2, 0) is 4.79 Å². The summed E-state index contributed by atoms with van der Waals surface area (Å²) >= 11 is 0. The Bertz CT molecular complexity index is 165. The SMILES string of the molecule is C=CC1=CCCC(=O)C1. The van der Waals surface area contributed by atoms with E-state index in [9.17, 15) is 4.79 Å². The van der Waals surface area contributed by atoms with Crippen molar-refractivity contribution in [2.75, 3.05) is 0 Å². The fourth-order valence-electron chi connectivity index (χ4n) is 0.962. The summed E-state index contributed by atoms with van der Waals surface area (Å²) in [5, 5.41) is 0. The first-order valence-corrected chi connectivity index (χ1v) is 3.16. The molecule has 0 saturated carbocycles. The largest absolute Gasteiger partial charge is 0.299 e. The molecule has 1 rings (SSSR count). The van der Waals surface area contributed by atoms with Gasteiger partial charge in [-0.15, -0.1) is 0 Å². The summed E-state index contributed by atoms with van der Waals surface area (Å²) in [5.41, 5.74) is 1.09. The minimum absolute atomic E-state index is 0.340. The zero-order chi connectivity index (χ0) is 6.69. The highest BCUT2D eigenvalue weighted by Gasteiger charge is 2.07. The molecule has 9 heavy (non-hydrogen) atoms. The predicted octanol–water partition coefficient (Wildman–Crippen LogP) is 1.85. The van der Waals surface area contributed by atoms with Crippen LogP contribution >= 0.6 is 0 Å². The van der Waals surface area contributed by atoms with Crippen LogP contribution in [0.4, 0.5) is 0 Å². The fraction of sp³-hybridized carbons (Fsp3) is 0.375. The molecule has 0 unspecified atom stereocenters. The van der Waals surface area contributed by atoms with Crippen molar-refractivity contribution in [1.29, 1.82) is 0 Å². The number of rotatable bonds is 1. The van der Waals surface area contributed by atoms with Gasteiger partial charge in [0.05, 0.1) is 0 Å². The number of carbonyl (C=O) groups is 1. The van der Waals surface area contributed by atoms with Gasteiger partial charge < -0.3 is 0 Å². The van der Waals surface area contributed by atoms with Gasteiger partial charge in [0, 0.05) is 12.8 Å². The van der Waals surface area contributed by atoms with Crippen LogP contribution in [0.25, 0.3) is 0 Å². The van der Waals surface area contributed by atoms with Gasteiger partial charge in [0.1, 0.15) is 5.78 Å². The lowest BCUT2D eigenvalue weighted by Crippen LogP contribution is -2.02. The van der Waals surface area contributed by atoms with Crippen LogP contribution < -0.4 is 0 Å². The number of allylic oxidation sites excluding steroid dienone is 3. The van der Waals surface area contributed by atoms with E-state index in [0.29, 0.717) is 12.2 Å². The quantitative estimate of drug-likeness (QED) is 0.518.